The van der Waals surface area contributed by atoms with Crippen LogP contribution in [0.2, 0.25) is 0 Å². The second-order valence-electron chi connectivity index (χ2n) is 4.07. The highest BCUT2D eigenvalue weighted by Gasteiger charge is 2.35. The SMILES string of the molecule is C[N+]1(C(N)=O)C=CC(C(=O)N2CCOCC2)=N1. The van der Waals surface area contributed by atoms with Gasteiger partial charge in [-0.1, -0.05) is 9.69 Å². The Labute approximate surface area is 98.7 Å². The Morgan fingerprint density at radius 2 is 2.12 bits per heavy atom. The number of carbonyl (C=O) groups excluding carboxylic acids is 2. The van der Waals surface area contributed by atoms with Crippen LogP contribution in [-0.2, 0) is 9.53 Å². The Morgan fingerprint density at radius 3 is 2.65 bits per heavy atom. The third-order valence-electron chi connectivity index (χ3n) is 2.80. The van der Waals surface area contributed by atoms with Gasteiger partial charge < -0.3 is 15.4 Å². The molecule has 0 saturated carbocycles. The molecular weight excluding hydrogens is 224 g/mol. The smallest absolute Gasteiger partial charge is 0.378 e. The van der Waals surface area contributed by atoms with Crippen molar-refractivity contribution in [3.05, 3.63) is 12.3 Å². The van der Waals surface area contributed by atoms with E-state index in [9.17, 15) is 9.59 Å². The van der Waals surface area contributed by atoms with Crippen molar-refractivity contribution < 1.29 is 18.9 Å². The van der Waals surface area contributed by atoms with Crippen LogP contribution in [-0.4, -0.2) is 60.5 Å². The largest absolute Gasteiger partial charge is 0.445 e. The van der Waals surface area contributed by atoms with Crippen LogP contribution in [0.3, 0.4) is 0 Å². The molecule has 3 amide bonds. The molecule has 2 N–H and O–H groups in total. The number of hydrogen-bond acceptors (Lipinski definition) is 4. The molecule has 2 aliphatic rings. The van der Waals surface area contributed by atoms with Gasteiger partial charge in [-0.3, -0.25) is 4.79 Å². The summed E-state index contributed by atoms with van der Waals surface area (Å²) in [6, 6.07) is -0.619. The van der Waals surface area contributed by atoms with Crippen LogP contribution < -0.4 is 5.73 Å². The number of carbonyl (C=O) groups is 2. The van der Waals surface area contributed by atoms with Crippen molar-refractivity contribution in [3.8, 4) is 0 Å². The van der Waals surface area contributed by atoms with Crippen molar-refractivity contribution in [2.24, 2.45) is 10.8 Å². The van der Waals surface area contributed by atoms with Crippen molar-refractivity contribution in [3.63, 3.8) is 0 Å². The van der Waals surface area contributed by atoms with Crippen LogP contribution in [0.4, 0.5) is 4.79 Å². The summed E-state index contributed by atoms with van der Waals surface area (Å²) in [7, 11) is 1.53. The molecule has 1 saturated heterocycles. The Kier molecular flexibility index (Phi) is 2.95. The number of nitrogens with zero attached hydrogens (tertiary/aromatic N) is 3. The van der Waals surface area contributed by atoms with Gasteiger partial charge in [-0.15, -0.1) is 0 Å². The summed E-state index contributed by atoms with van der Waals surface area (Å²) < 4.78 is 4.75. The summed E-state index contributed by atoms with van der Waals surface area (Å²) in [5.41, 5.74) is 5.46. The average molecular weight is 239 g/mol. The number of ether oxygens (including phenoxy) is 1. The molecule has 0 radical (unpaired) electrons. The third kappa shape index (κ3) is 2.20. The molecule has 7 nitrogen and oxygen atoms in total. The Hall–Kier alpha value is -1.73. The Balaban J connectivity index is 2.12. The summed E-state index contributed by atoms with van der Waals surface area (Å²) in [5.74, 6) is -0.187. The summed E-state index contributed by atoms with van der Waals surface area (Å²) in [6.45, 7) is 2.16. The van der Waals surface area contributed by atoms with Gasteiger partial charge in [0.05, 0.1) is 13.2 Å². The molecule has 0 aromatic heterocycles. The highest BCUT2D eigenvalue weighted by molar-refractivity contribution is 6.43. The number of rotatable bonds is 1. The van der Waals surface area contributed by atoms with Gasteiger partial charge in [0, 0.05) is 19.2 Å². The number of urea groups is 1. The minimum Gasteiger partial charge on any atom is -0.378 e. The summed E-state index contributed by atoms with van der Waals surface area (Å²) in [5, 5.41) is 4.03. The van der Waals surface area contributed by atoms with E-state index in [0.717, 1.165) is 0 Å². The first kappa shape index (κ1) is 11.7. The first-order chi connectivity index (χ1) is 8.03. The predicted molar refractivity (Wildman–Crippen MR) is 59.7 cm³/mol. The standard InChI is InChI=1S/C10H14N4O3/c1-14(10(11)16)5-2-8(12-14)9(15)13-3-6-17-7-4-13/h2,5H,3-4,6-7H2,1H3,(H-,11,16)/p+1. The van der Waals surface area contributed by atoms with Crippen LogP contribution in [0.25, 0.3) is 0 Å². The quantitative estimate of drug-likeness (QED) is 0.611. The lowest BCUT2D eigenvalue weighted by Crippen LogP contribution is -2.45. The zero-order valence-electron chi connectivity index (χ0n) is 9.63. The molecule has 7 heteroatoms. The number of primary amides is 1. The molecule has 2 heterocycles. The topological polar surface area (TPSA) is 85.0 Å². The van der Waals surface area contributed by atoms with Crippen LogP contribution in [0.5, 0.6) is 0 Å². The van der Waals surface area contributed by atoms with Crippen LogP contribution in [0.1, 0.15) is 0 Å². The van der Waals surface area contributed by atoms with E-state index >= 15 is 0 Å². The van der Waals surface area contributed by atoms with Crippen molar-refractivity contribution in [1.29, 1.82) is 0 Å². The molecule has 17 heavy (non-hydrogen) atoms. The minimum absolute atomic E-state index is 0.187. The molecule has 2 rings (SSSR count). The molecule has 1 unspecified atom stereocenters. The van der Waals surface area contributed by atoms with Gasteiger partial charge in [0.25, 0.3) is 5.91 Å². The van der Waals surface area contributed by atoms with Crippen molar-refractivity contribution in [2.45, 2.75) is 0 Å². The van der Waals surface area contributed by atoms with E-state index in [-0.39, 0.29) is 11.6 Å². The molecular formula is C10H15N4O3+. The number of nitrogens with two attached hydrogens (primary N) is 1. The fourth-order valence-electron chi connectivity index (χ4n) is 1.67. The first-order valence-corrected chi connectivity index (χ1v) is 5.35. The van der Waals surface area contributed by atoms with E-state index in [0.29, 0.717) is 26.3 Å². The monoisotopic (exact) mass is 239 g/mol. The molecule has 0 aliphatic carbocycles. The fraction of sp³-hybridized carbons (Fsp3) is 0.500. The van der Waals surface area contributed by atoms with Crippen molar-refractivity contribution in [2.75, 3.05) is 33.4 Å². The van der Waals surface area contributed by atoms with Crippen LogP contribution in [0, 0.1) is 0 Å². The zero-order valence-corrected chi connectivity index (χ0v) is 9.63. The van der Waals surface area contributed by atoms with E-state index < -0.39 is 10.6 Å². The lowest BCUT2D eigenvalue weighted by Gasteiger charge is -2.26. The first-order valence-electron chi connectivity index (χ1n) is 5.35. The molecule has 0 spiro atoms. The van der Waals surface area contributed by atoms with E-state index in [1.54, 1.807) is 4.90 Å². The fourth-order valence-corrected chi connectivity index (χ4v) is 1.67. The number of hydrogen-bond donors (Lipinski definition) is 1. The second kappa shape index (κ2) is 4.27. The van der Waals surface area contributed by atoms with Gasteiger partial charge in [0.1, 0.15) is 13.2 Å². The number of quaternary nitrogens is 1. The van der Waals surface area contributed by atoms with E-state index in [2.05, 4.69) is 5.10 Å². The number of morpholine rings is 1. The maximum atomic E-state index is 12.0. The Morgan fingerprint density at radius 1 is 1.47 bits per heavy atom. The van der Waals surface area contributed by atoms with Crippen molar-refractivity contribution in [1.82, 2.24) is 4.90 Å². The third-order valence-corrected chi connectivity index (χ3v) is 2.80. The highest BCUT2D eigenvalue weighted by Crippen LogP contribution is 2.14. The van der Waals surface area contributed by atoms with Gasteiger partial charge in [0.2, 0.25) is 0 Å². The van der Waals surface area contributed by atoms with E-state index in [1.165, 1.54) is 19.3 Å². The lowest BCUT2D eigenvalue weighted by molar-refractivity contribution is -0.778. The zero-order chi connectivity index (χ0) is 12.5. The number of amides is 3. The highest BCUT2D eigenvalue weighted by atomic mass is 16.5. The van der Waals surface area contributed by atoms with Crippen LogP contribution in [0.15, 0.2) is 17.4 Å². The van der Waals surface area contributed by atoms with Gasteiger partial charge in [0.15, 0.2) is 5.71 Å². The van der Waals surface area contributed by atoms with E-state index in [4.69, 9.17) is 10.5 Å². The minimum atomic E-state index is -0.619. The van der Waals surface area contributed by atoms with Gasteiger partial charge in [-0.2, -0.15) is 0 Å². The average Bonchev–Trinajstić information content (AvgIpc) is 2.74. The molecule has 1 fully saturated rings. The van der Waals surface area contributed by atoms with E-state index in [1.807, 2.05) is 0 Å². The van der Waals surface area contributed by atoms with Crippen LogP contribution >= 0.6 is 0 Å². The molecule has 0 aromatic carbocycles. The normalized spacial score (nSPS) is 28.1. The maximum Gasteiger partial charge on any atom is 0.445 e. The van der Waals surface area contributed by atoms with Gasteiger partial charge in [-0.05, 0) is 0 Å². The lowest BCUT2D eigenvalue weighted by atomic mass is 10.3. The molecule has 1 atom stereocenters. The summed E-state index contributed by atoms with van der Waals surface area (Å²) in [4.78, 5) is 24.9. The van der Waals surface area contributed by atoms with Gasteiger partial charge >= 0.3 is 6.03 Å². The van der Waals surface area contributed by atoms with Crippen molar-refractivity contribution >= 4 is 17.6 Å². The molecule has 0 aromatic rings. The molecule has 92 valence electrons. The summed E-state index contributed by atoms with van der Waals surface area (Å²) >= 11 is 0. The second-order valence-corrected chi connectivity index (χ2v) is 4.07. The molecule has 2 aliphatic heterocycles. The maximum absolute atomic E-state index is 12.0. The summed E-state index contributed by atoms with van der Waals surface area (Å²) in [6.07, 6.45) is 3.03. The molecule has 0 bridgehead atoms. The predicted octanol–water partition coefficient (Wildman–Crippen LogP) is -0.746. The Bertz CT molecular complexity index is 412. The van der Waals surface area contributed by atoms with Gasteiger partial charge in [-0.25, -0.2) is 4.79 Å².